The van der Waals surface area contributed by atoms with Crippen LogP contribution in [0.2, 0.25) is 0 Å². The number of H-pyrrole nitrogens is 1. The van der Waals surface area contributed by atoms with Crippen molar-refractivity contribution in [3.8, 4) is 0 Å². The number of nitrogens with one attached hydrogen (secondary N) is 3. The van der Waals surface area contributed by atoms with Crippen LogP contribution < -0.4 is 15.5 Å². The zero-order chi connectivity index (χ0) is 13.2. The van der Waals surface area contributed by atoms with E-state index in [0.29, 0.717) is 5.95 Å². The zero-order valence-electron chi connectivity index (χ0n) is 11.2. The Morgan fingerprint density at radius 1 is 1.37 bits per heavy atom. The molecule has 0 aliphatic carbocycles. The highest BCUT2D eigenvalue weighted by Crippen LogP contribution is 2.28. The maximum Gasteiger partial charge on any atom is 0.224 e. The van der Waals surface area contributed by atoms with Crippen LogP contribution in [0.1, 0.15) is 11.3 Å². The van der Waals surface area contributed by atoms with Crippen molar-refractivity contribution >= 4 is 17.6 Å². The van der Waals surface area contributed by atoms with Crippen LogP contribution in [0.3, 0.4) is 0 Å². The minimum Gasteiger partial charge on any atom is -0.357 e. The smallest absolute Gasteiger partial charge is 0.224 e. The number of aromatic nitrogens is 3. The standard InChI is InChI=1S/C13H18N6/c1-14-13-17-10-5-7-15-8-9(10)12(18-13)19(2)11-4-3-6-16-11/h3-4,6,15-16H,5,7-8H2,1-2H3,(H,14,17,18). The van der Waals surface area contributed by atoms with Crippen molar-refractivity contribution in [2.24, 2.45) is 0 Å². The molecule has 0 saturated carbocycles. The summed E-state index contributed by atoms with van der Waals surface area (Å²) >= 11 is 0. The minimum atomic E-state index is 0.675. The van der Waals surface area contributed by atoms with Crippen LogP contribution >= 0.6 is 0 Å². The normalized spacial score (nSPS) is 14.0. The number of hydrogen-bond donors (Lipinski definition) is 3. The molecular weight excluding hydrogens is 240 g/mol. The first kappa shape index (κ1) is 12.0. The lowest BCUT2D eigenvalue weighted by molar-refractivity contribution is 0.626. The molecule has 0 radical (unpaired) electrons. The van der Waals surface area contributed by atoms with Crippen LogP contribution in [-0.2, 0) is 13.0 Å². The summed E-state index contributed by atoms with van der Waals surface area (Å²) in [7, 11) is 3.86. The van der Waals surface area contributed by atoms with Gasteiger partial charge in [0, 0.05) is 45.4 Å². The monoisotopic (exact) mass is 258 g/mol. The fourth-order valence-electron chi connectivity index (χ4n) is 2.36. The van der Waals surface area contributed by atoms with E-state index in [0.717, 1.165) is 36.8 Å². The molecule has 19 heavy (non-hydrogen) atoms. The predicted octanol–water partition coefficient (Wildman–Crippen LogP) is 1.26. The Morgan fingerprint density at radius 3 is 3.00 bits per heavy atom. The molecule has 0 bridgehead atoms. The molecule has 3 heterocycles. The van der Waals surface area contributed by atoms with Gasteiger partial charge in [-0.3, -0.25) is 0 Å². The Kier molecular flexibility index (Phi) is 3.08. The largest absolute Gasteiger partial charge is 0.357 e. The molecule has 1 aliphatic rings. The van der Waals surface area contributed by atoms with E-state index in [-0.39, 0.29) is 0 Å². The van der Waals surface area contributed by atoms with Gasteiger partial charge in [0.2, 0.25) is 5.95 Å². The Hall–Kier alpha value is -2.08. The minimum absolute atomic E-state index is 0.675. The number of rotatable bonds is 3. The summed E-state index contributed by atoms with van der Waals surface area (Å²) in [5, 5.41) is 6.42. The Labute approximate surface area is 112 Å². The van der Waals surface area contributed by atoms with E-state index < -0.39 is 0 Å². The van der Waals surface area contributed by atoms with Gasteiger partial charge in [0.25, 0.3) is 0 Å². The third kappa shape index (κ3) is 2.15. The summed E-state index contributed by atoms with van der Waals surface area (Å²) in [6, 6.07) is 4.01. The number of anilines is 3. The number of fused-ring (bicyclic) bond motifs is 1. The van der Waals surface area contributed by atoms with Crippen molar-refractivity contribution < 1.29 is 0 Å². The lowest BCUT2D eigenvalue weighted by Crippen LogP contribution is -2.28. The molecule has 1 aliphatic heterocycles. The van der Waals surface area contributed by atoms with Crippen molar-refractivity contribution in [2.75, 3.05) is 30.9 Å². The second-order valence-electron chi connectivity index (χ2n) is 4.59. The summed E-state index contributed by atoms with van der Waals surface area (Å²) < 4.78 is 0. The molecule has 2 aromatic rings. The van der Waals surface area contributed by atoms with Crippen molar-refractivity contribution in [3.63, 3.8) is 0 Å². The van der Waals surface area contributed by atoms with Gasteiger partial charge < -0.3 is 20.5 Å². The molecule has 100 valence electrons. The third-order valence-electron chi connectivity index (χ3n) is 3.40. The van der Waals surface area contributed by atoms with Gasteiger partial charge >= 0.3 is 0 Å². The average Bonchev–Trinajstić information content (AvgIpc) is 2.99. The molecule has 0 atom stereocenters. The molecule has 0 saturated heterocycles. The molecule has 0 amide bonds. The molecule has 3 N–H and O–H groups in total. The number of hydrogen-bond acceptors (Lipinski definition) is 5. The maximum absolute atomic E-state index is 4.60. The predicted molar refractivity (Wildman–Crippen MR) is 75.8 cm³/mol. The maximum atomic E-state index is 4.60. The van der Waals surface area contributed by atoms with Gasteiger partial charge in [0.1, 0.15) is 11.6 Å². The van der Waals surface area contributed by atoms with E-state index in [2.05, 4.69) is 30.5 Å². The lowest BCUT2D eigenvalue weighted by Gasteiger charge is -2.25. The highest BCUT2D eigenvalue weighted by molar-refractivity contribution is 5.62. The summed E-state index contributed by atoms with van der Waals surface area (Å²) in [5.74, 6) is 2.64. The third-order valence-corrected chi connectivity index (χ3v) is 3.40. The first-order valence-electron chi connectivity index (χ1n) is 6.45. The van der Waals surface area contributed by atoms with E-state index in [4.69, 9.17) is 0 Å². The van der Waals surface area contributed by atoms with Crippen LogP contribution in [-0.4, -0.2) is 35.6 Å². The van der Waals surface area contributed by atoms with Crippen LogP contribution in [0.25, 0.3) is 0 Å². The topological polar surface area (TPSA) is 68.9 Å². The molecule has 0 unspecified atom stereocenters. The molecule has 0 fully saturated rings. The number of nitrogens with zero attached hydrogens (tertiary/aromatic N) is 3. The van der Waals surface area contributed by atoms with Gasteiger partial charge in [0.05, 0.1) is 5.69 Å². The van der Waals surface area contributed by atoms with Gasteiger partial charge in [-0.1, -0.05) is 0 Å². The molecule has 0 aromatic carbocycles. The first-order chi connectivity index (χ1) is 9.29. The second-order valence-corrected chi connectivity index (χ2v) is 4.59. The first-order valence-corrected chi connectivity index (χ1v) is 6.45. The van der Waals surface area contributed by atoms with E-state index in [1.807, 2.05) is 32.4 Å². The lowest BCUT2D eigenvalue weighted by atomic mass is 10.1. The Morgan fingerprint density at radius 2 is 2.26 bits per heavy atom. The molecule has 0 spiro atoms. The van der Waals surface area contributed by atoms with Crippen molar-refractivity contribution in [1.82, 2.24) is 20.3 Å². The summed E-state index contributed by atoms with van der Waals surface area (Å²) in [6.07, 6.45) is 2.86. The van der Waals surface area contributed by atoms with Crippen LogP contribution in [0.4, 0.5) is 17.6 Å². The molecule has 6 heteroatoms. The van der Waals surface area contributed by atoms with E-state index in [9.17, 15) is 0 Å². The average molecular weight is 258 g/mol. The zero-order valence-corrected chi connectivity index (χ0v) is 11.2. The fourth-order valence-corrected chi connectivity index (χ4v) is 2.36. The molecule has 3 rings (SSSR count). The molecule has 6 nitrogen and oxygen atoms in total. The van der Waals surface area contributed by atoms with Crippen LogP contribution in [0, 0.1) is 0 Å². The van der Waals surface area contributed by atoms with Crippen LogP contribution in [0.15, 0.2) is 18.3 Å². The van der Waals surface area contributed by atoms with Gasteiger partial charge in [-0.25, -0.2) is 4.98 Å². The van der Waals surface area contributed by atoms with Gasteiger partial charge in [0.15, 0.2) is 0 Å². The quantitative estimate of drug-likeness (QED) is 0.773. The SMILES string of the molecule is CNc1nc2c(c(N(C)c3ccc[nH]3)n1)CNCC2. The van der Waals surface area contributed by atoms with E-state index in [1.165, 1.54) is 5.56 Å². The van der Waals surface area contributed by atoms with Gasteiger partial charge in [-0.15, -0.1) is 0 Å². The van der Waals surface area contributed by atoms with Crippen molar-refractivity contribution in [3.05, 3.63) is 29.6 Å². The fraction of sp³-hybridized carbons (Fsp3) is 0.385. The van der Waals surface area contributed by atoms with Crippen molar-refractivity contribution in [1.29, 1.82) is 0 Å². The van der Waals surface area contributed by atoms with Crippen LogP contribution in [0.5, 0.6) is 0 Å². The number of aromatic amines is 1. The highest BCUT2D eigenvalue weighted by atomic mass is 15.3. The summed E-state index contributed by atoms with van der Waals surface area (Å²) in [6.45, 7) is 1.79. The van der Waals surface area contributed by atoms with Gasteiger partial charge in [-0.2, -0.15) is 4.98 Å². The molecular formula is C13H18N6. The molecule has 2 aromatic heterocycles. The second kappa shape index (κ2) is 4.89. The summed E-state index contributed by atoms with van der Waals surface area (Å²) in [4.78, 5) is 14.4. The van der Waals surface area contributed by atoms with E-state index in [1.54, 1.807) is 0 Å². The Balaban J connectivity index is 2.08. The van der Waals surface area contributed by atoms with Gasteiger partial charge in [-0.05, 0) is 12.1 Å². The van der Waals surface area contributed by atoms with E-state index >= 15 is 0 Å². The summed E-state index contributed by atoms with van der Waals surface area (Å²) in [5.41, 5.74) is 2.31. The Bertz CT molecular complexity index is 563. The van der Waals surface area contributed by atoms with Crippen molar-refractivity contribution in [2.45, 2.75) is 13.0 Å². The highest BCUT2D eigenvalue weighted by Gasteiger charge is 2.20.